The third kappa shape index (κ3) is 12.5. The summed E-state index contributed by atoms with van der Waals surface area (Å²) in [6.45, 7) is 0. The summed E-state index contributed by atoms with van der Waals surface area (Å²) in [5.41, 5.74) is -45.2. The van der Waals surface area contributed by atoms with Gasteiger partial charge in [0.05, 0.1) is 55.3 Å². The molecule has 95 heavy (non-hydrogen) atoms. The molecule has 0 fully saturated rings. The van der Waals surface area contributed by atoms with Gasteiger partial charge in [0.2, 0.25) is 0 Å². The maximum absolute atomic E-state index is 18.9. The van der Waals surface area contributed by atoms with E-state index in [1.807, 2.05) is 0 Å². The smallest absolute Gasteiger partial charge is 0.194 e. The van der Waals surface area contributed by atoms with E-state index in [0.717, 1.165) is 146 Å². The van der Waals surface area contributed by atoms with Crippen molar-refractivity contribution in [1.82, 2.24) is 0 Å². The molecular weight excluding hydrogens is 1310 g/mol. The lowest BCUT2D eigenvalue weighted by Gasteiger charge is -2.52. The van der Waals surface area contributed by atoms with Crippen LogP contribution in [-0.2, 0) is 60.2 Å². The highest BCUT2D eigenvalue weighted by Gasteiger charge is 2.58. The zero-order chi connectivity index (χ0) is 69.3. The van der Waals surface area contributed by atoms with E-state index >= 15 is 105 Å². The summed E-state index contributed by atoms with van der Waals surface area (Å²) in [4.78, 5) is 0. The highest BCUT2D eigenvalue weighted by Crippen LogP contribution is 2.58. The molecule has 0 aliphatic rings. The van der Waals surface area contributed by atoms with Gasteiger partial charge in [-0.2, -0.15) is 127 Å². The van der Waals surface area contributed by atoms with Crippen LogP contribution in [0.3, 0.4) is 0 Å². The summed E-state index contributed by atoms with van der Waals surface area (Å²) in [5, 5.41) is 0. The Labute approximate surface area is 523 Å². The Morgan fingerprint density at radius 1 is 0.179 bits per heavy atom. The molecule has 0 radical (unpaired) electrons. The van der Waals surface area contributed by atoms with Gasteiger partial charge in [-0.3, -0.25) is 0 Å². The first kappa shape index (κ1) is 68.4. The molecule has 0 heterocycles. The molecule has 0 saturated carbocycles. The van der Waals surface area contributed by atoms with E-state index in [-0.39, 0.29) is 0 Å². The minimum Gasteiger partial charge on any atom is -0.194 e. The molecule has 0 atom stereocenters. The fourth-order valence-corrected chi connectivity index (χ4v) is 13.1. The van der Waals surface area contributed by atoms with Crippen LogP contribution in [-0.4, -0.2) is 6.15 Å². The van der Waals surface area contributed by atoms with E-state index in [9.17, 15) is 0 Å². The maximum Gasteiger partial charge on any atom is 0.416 e. The number of halogens is 24. The quantitative estimate of drug-likeness (QED) is 0.0650. The molecule has 10 rings (SSSR count). The first-order valence-electron chi connectivity index (χ1n) is 27.9. The van der Waals surface area contributed by atoms with E-state index in [0.29, 0.717) is 0 Å². The van der Waals surface area contributed by atoms with Gasteiger partial charge >= 0.3 is 49.4 Å². The third-order valence-corrected chi connectivity index (χ3v) is 16.7. The van der Waals surface area contributed by atoms with Gasteiger partial charge in [0.1, 0.15) is 6.15 Å². The normalized spacial score (nSPS) is 13.5. The molecule has 0 unspecified atom stereocenters. The maximum atomic E-state index is 18.9. The topological polar surface area (TPSA) is 0 Å². The zero-order valence-electron chi connectivity index (χ0n) is 47.7. The molecule has 10 aromatic rings. The fourth-order valence-electron chi connectivity index (χ4n) is 13.1. The Kier molecular flexibility index (Phi) is 17.4. The van der Waals surface area contributed by atoms with Crippen LogP contribution in [0.2, 0.25) is 0 Å². The molecule has 0 amide bonds. The molecule has 0 saturated heterocycles. The minimum atomic E-state index is -6.66. The van der Waals surface area contributed by atoms with Crippen LogP contribution in [0.1, 0.15) is 89.0 Å². The summed E-state index contributed by atoms with van der Waals surface area (Å²) >= 11 is 0. The van der Waals surface area contributed by atoms with Crippen molar-refractivity contribution in [3.8, 4) is 0 Å². The van der Waals surface area contributed by atoms with Crippen molar-refractivity contribution in [2.24, 2.45) is 0 Å². The van der Waals surface area contributed by atoms with Crippen LogP contribution in [0.4, 0.5) is 105 Å². The van der Waals surface area contributed by atoms with Crippen molar-refractivity contribution in [2.45, 2.75) is 60.2 Å². The Morgan fingerprint density at radius 2 is 0.379 bits per heavy atom. The summed E-state index contributed by atoms with van der Waals surface area (Å²) in [6, 6.07) is 26.6. The van der Waals surface area contributed by atoms with Crippen molar-refractivity contribution < 1.29 is 105 Å². The van der Waals surface area contributed by atoms with Gasteiger partial charge in [0.15, 0.2) is 0 Å². The van der Waals surface area contributed by atoms with Crippen LogP contribution < -0.4 is 21.9 Å². The van der Waals surface area contributed by atoms with E-state index in [1.165, 1.54) is 36.4 Å². The zero-order valence-corrected chi connectivity index (χ0v) is 47.7. The summed E-state index contributed by atoms with van der Waals surface area (Å²) < 4.78 is 395. The molecule has 0 bridgehead atoms. The van der Waals surface area contributed by atoms with Crippen LogP contribution >= 0.6 is 0 Å². The minimum absolute atomic E-state index is 0.443. The third-order valence-electron chi connectivity index (χ3n) is 16.7. The van der Waals surface area contributed by atoms with E-state index in [2.05, 4.69) is 0 Å². The monoisotopic (exact) mass is 1350 g/mol. The summed E-state index contributed by atoms with van der Waals surface area (Å²) in [7, 11) is 0. The Bertz CT molecular complexity index is 3900. The van der Waals surface area contributed by atoms with Crippen molar-refractivity contribution in [1.29, 1.82) is 0 Å². The number of hydrogen-bond donors (Lipinski definition) is 0. The van der Waals surface area contributed by atoms with E-state index in [4.69, 9.17) is 0 Å². The molecule has 0 N–H and O–H groups in total. The van der Waals surface area contributed by atoms with Crippen molar-refractivity contribution in [3.63, 3.8) is 0 Å². The second kappa shape index (κ2) is 24.1. The van der Waals surface area contributed by atoms with Crippen molar-refractivity contribution >= 4 is 28.0 Å². The van der Waals surface area contributed by atoms with Crippen LogP contribution in [0, 0.1) is 0 Å². The van der Waals surface area contributed by atoms with Gasteiger partial charge in [-0.05, 0) is 57.1 Å². The number of alkyl halides is 24. The molecule has 0 aliphatic heterocycles. The second-order valence-corrected chi connectivity index (χ2v) is 22.2. The van der Waals surface area contributed by atoms with E-state index < -0.39 is 238 Å². The van der Waals surface area contributed by atoms with Gasteiger partial charge in [0.25, 0.3) is 0 Å². The molecule has 10 aromatic carbocycles. The molecule has 0 aromatic heterocycles. The molecule has 0 nitrogen and oxygen atoms in total. The predicted octanol–water partition coefficient (Wildman–Crippen LogP) is 20.0. The summed E-state index contributed by atoms with van der Waals surface area (Å²) in [5.74, 6) is 0. The van der Waals surface area contributed by atoms with Crippen molar-refractivity contribution in [2.75, 3.05) is 0 Å². The van der Waals surface area contributed by atoms with Crippen molar-refractivity contribution in [3.05, 3.63) is 332 Å². The van der Waals surface area contributed by atoms with E-state index in [1.54, 1.807) is 0 Å². The van der Waals surface area contributed by atoms with Gasteiger partial charge in [0, 0.05) is 0 Å². The number of benzene rings is 10. The van der Waals surface area contributed by atoms with Gasteiger partial charge in [-0.25, -0.2) is 0 Å². The number of rotatable bonds is 12. The molecule has 0 aliphatic carbocycles. The number of hydrogen-bond acceptors (Lipinski definition) is 0. The molecular formula is C70H40BF24-. The Morgan fingerprint density at radius 3 is 0.558 bits per heavy atom. The highest BCUT2D eigenvalue weighted by atomic mass is 19.4. The summed E-state index contributed by atoms with van der Waals surface area (Å²) in [6.07, 6.45) is -57.5. The van der Waals surface area contributed by atoms with Gasteiger partial charge in [-0.15, -0.1) is 0 Å². The molecule has 492 valence electrons. The Hall–Kier alpha value is -9.42. The predicted molar refractivity (Wildman–Crippen MR) is 307 cm³/mol. The highest BCUT2D eigenvalue weighted by molar-refractivity contribution is 7.20. The first-order chi connectivity index (χ1) is 44.2. The van der Waals surface area contributed by atoms with Crippen LogP contribution in [0.15, 0.2) is 243 Å². The standard InChI is InChI=1S/C70H40BF24/c72-63(73,74)47-31-48(64(75,76)77)35-53(34-47)71(54-36-49(65(78,79)80)32-50(37-54)66(81,82)83,55-38-51(67(84,85)86)33-52(39-55)68(87,88)89)57-40-56(69(90,91)92)58(61(41-19-7-1-8-20-41,42-21-9-2-10-22-42)43-23-11-3-12-24-43)60(70(93,94)95)59(57)62(44-25-13-4-14-26-44,45-27-15-5-16-28-45)46-29-17-6-18-30-46/h1-40H/q-1. The van der Waals surface area contributed by atoms with Crippen LogP contribution in [0.5, 0.6) is 0 Å². The average molecular weight is 1350 g/mol. The van der Waals surface area contributed by atoms with Gasteiger partial charge < -0.3 is 0 Å². The largest absolute Gasteiger partial charge is 0.416 e. The fraction of sp³-hybridized carbons (Fsp3) is 0.143. The molecule has 0 spiro atoms. The molecule has 25 heteroatoms. The lowest BCUT2D eigenvalue weighted by Crippen LogP contribution is -2.77. The lowest BCUT2D eigenvalue weighted by atomic mass is 9.12. The van der Waals surface area contributed by atoms with Gasteiger partial charge in [-0.1, -0.05) is 230 Å². The van der Waals surface area contributed by atoms with Crippen LogP contribution in [0.25, 0.3) is 0 Å². The first-order valence-corrected chi connectivity index (χ1v) is 27.9. The second-order valence-electron chi connectivity index (χ2n) is 22.2. The SMILES string of the molecule is FC(F)(F)c1cc([B-](c2cc(C(F)(F)F)cc(C(F)(F)F)c2)(c2cc(C(F)(F)F)cc(C(F)(F)F)c2)c2cc(C(F)(F)F)c(C(c3ccccc3)(c3ccccc3)c3ccccc3)c(C(F)(F)F)c2C(c2ccccc2)(c2ccccc2)c2ccccc2)cc(C(F)(F)F)c1. The Balaban J connectivity index is 1.77. The lowest BCUT2D eigenvalue weighted by molar-refractivity contribution is -0.146. The average Bonchev–Trinajstić information content (AvgIpc) is 0.670.